The van der Waals surface area contributed by atoms with Gasteiger partial charge >= 0.3 is 0 Å². The molecule has 1 aliphatic rings. The van der Waals surface area contributed by atoms with E-state index in [4.69, 9.17) is 4.52 Å². The predicted molar refractivity (Wildman–Crippen MR) is 138 cm³/mol. The minimum atomic E-state index is 0. The Hall–Kier alpha value is -1.61. The number of aromatic nitrogens is 1. The lowest BCUT2D eigenvalue weighted by Crippen LogP contribution is -2.48. The molecular weight excluding hydrogens is 501 g/mol. The van der Waals surface area contributed by atoms with E-state index < -0.39 is 0 Å². The summed E-state index contributed by atoms with van der Waals surface area (Å²) < 4.78 is 5.51. The van der Waals surface area contributed by atoms with Gasteiger partial charge in [0.25, 0.3) is 0 Å². The molecule has 0 radical (unpaired) electrons. The minimum Gasteiger partial charge on any atom is -0.359 e. The average molecular weight is 540 g/mol. The van der Waals surface area contributed by atoms with E-state index in [1.165, 1.54) is 5.56 Å². The van der Waals surface area contributed by atoms with Crippen LogP contribution in [0.15, 0.2) is 45.9 Å². The molecule has 1 atom stereocenters. The number of likely N-dealkylation sites (tertiary alicyclic amines) is 1. The molecule has 0 bridgehead atoms. The molecule has 2 aromatic rings. The van der Waals surface area contributed by atoms with E-state index in [-0.39, 0.29) is 24.0 Å². The summed E-state index contributed by atoms with van der Waals surface area (Å²) in [5.74, 6) is 2.15. The normalized spacial score (nSPS) is 16.7. The Morgan fingerprint density at radius 1 is 1.19 bits per heavy atom. The van der Waals surface area contributed by atoms with Crippen molar-refractivity contribution in [3.63, 3.8) is 0 Å². The van der Waals surface area contributed by atoms with Gasteiger partial charge in [0.2, 0.25) is 0 Å². The van der Waals surface area contributed by atoms with Gasteiger partial charge in [-0.3, -0.25) is 9.89 Å². The lowest BCUT2D eigenvalue weighted by molar-refractivity contribution is 0.158. The van der Waals surface area contributed by atoms with Gasteiger partial charge in [0.1, 0.15) is 0 Å². The van der Waals surface area contributed by atoms with Gasteiger partial charge in [0, 0.05) is 44.2 Å². The van der Waals surface area contributed by atoms with Crippen LogP contribution in [0.3, 0.4) is 0 Å². The number of rotatable bonds is 8. The van der Waals surface area contributed by atoms with E-state index in [1.54, 1.807) is 0 Å². The molecule has 1 aromatic carbocycles. The minimum absolute atomic E-state index is 0. The highest BCUT2D eigenvalue weighted by atomic mass is 127. The molecule has 3 rings (SSSR count). The Balaban J connectivity index is 0.00000341. The first-order valence-corrected chi connectivity index (χ1v) is 11.4. The maximum atomic E-state index is 5.51. The van der Waals surface area contributed by atoms with Gasteiger partial charge in [0.15, 0.2) is 11.7 Å². The number of benzene rings is 1. The fraction of sp³-hybridized carbons (Fsp3) is 0.583. The summed E-state index contributed by atoms with van der Waals surface area (Å²) in [6.07, 6.45) is 4.39. The first-order chi connectivity index (χ1) is 14.6. The Kier molecular flexibility index (Phi) is 10.8. The third kappa shape index (κ3) is 7.20. The fourth-order valence-electron chi connectivity index (χ4n) is 4.24. The van der Waals surface area contributed by atoms with Crippen molar-refractivity contribution in [1.82, 2.24) is 20.7 Å². The lowest BCUT2D eigenvalue weighted by Gasteiger charge is -2.37. The second-order valence-corrected chi connectivity index (χ2v) is 8.20. The zero-order valence-corrected chi connectivity index (χ0v) is 21.6. The Morgan fingerprint density at radius 3 is 2.48 bits per heavy atom. The largest absolute Gasteiger partial charge is 0.359 e. The zero-order valence-electron chi connectivity index (χ0n) is 19.3. The van der Waals surface area contributed by atoms with Crippen LogP contribution in [0, 0.1) is 0 Å². The molecule has 31 heavy (non-hydrogen) atoms. The van der Waals surface area contributed by atoms with E-state index >= 15 is 0 Å². The Labute approximate surface area is 204 Å². The molecule has 172 valence electrons. The first-order valence-electron chi connectivity index (χ1n) is 11.4. The van der Waals surface area contributed by atoms with E-state index in [9.17, 15) is 0 Å². The summed E-state index contributed by atoms with van der Waals surface area (Å²) in [5, 5.41) is 11.2. The monoisotopic (exact) mass is 539 g/mol. The van der Waals surface area contributed by atoms with Crippen LogP contribution in [0.2, 0.25) is 0 Å². The van der Waals surface area contributed by atoms with Crippen molar-refractivity contribution in [2.24, 2.45) is 4.99 Å². The van der Waals surface area contributed by atoms with Crippen molar-refractivity contribution in [2.75, 3.05) is 20.1 Å². The highest BCUT2D eigenvalue weighted by Gasteiger charge is 2.24. The highest BCUT2D eigenvalue weighted by molar-refractivity contribution is 14.0. The zero-order chi connectivity index (χ0) is 21.3. The van der Waals surface area contributed by atoms with Crippen LogP contribution in [0.1, 0.15) is 75.4 Å². The molecule has 0 aliphatic carbocycles. The van der Waals surface area contributed by atoms with Crippen LogP contribution in [0.4, 0.5) is 0 Å². The molecule has 0 amide bonds. The van der Waals surface area contributed by atoms with Crippen LogP contribution in [0.25, 0.3) is 0 Å². The summed E-state index contributed by atoms with van der Waals surface area (Å²) in [6.45, 7) is 9.46. The summed E-state index contributed by atoms with van der Waals surface area (Å²) in [6, 6.07) is 13.7. The molecular formula is C24H38IN5O. The number of nitrogens with zero attached hydrogens (tertiary/aromatic N) is 3. The molecule has 1 aliphatic heterocycles. The van der Waals surface area contributed by atoms with Crippen molar-refractivity contribution < 1.29 is 4.52 Å². The van der Waals surface area contributed by atoms with Crippen molar-refractivity contribution >= 4 is 29.9 Å². The lowest BCUT2D eigenvalue weighted by atomic mass is 9.99. The van der Waals surface area contributed by atoms with E-state index in [0.29, 0.717) is 24.5 Å². The fourth-order valence-corrected chi connectivity index (χ4v) is 4.24. The standard InChI is InChI=1S/C24H37N5O.HI/c1-5-19(6-2)23-16-22(30-28-23)17-26-24(25-4)27-21-12-14-29(15-13-21)18(3)20-10-8-7-9-11-20;/h7-11,16,18-19,21H,5-6,12-15,17H2,1-4H3,(H2,25,26,27);1H. The molecule has 2 heterocycles. The number of guanidine groups is 1. The maximum Gasteiger partial charge on any atom is 0.191 e. The molecule has 0 saturated carbocycles. The van der Waals surface area contributed by atoms with Gasteiger partial charge in [-0.2, -0.15) is 0 Å². The van der Waals surface area contributed by atoms with Crippen LogP contribution in [-0.2, 0) is 6.54 Å². The van der Waals surface area contributed by atoms with Gasteiger partial charge in [-0.1, -0.05) is 49.3 Å². The van der Waals surface area contributed by atoms with Gasteiger partial charge in [-0.25, -0.2) is 0 Å². The molecule has 0 spiro atoms. The van der Waals surface area contributed by atoms with Gasteiger partial charge < -0.3 is 15.2 Å². The molecule has 1 fully saturated rings. The summed E-state index contributed by atoms with van der Waals surface area (Å²) in [5.41, 5.74) is 2.45. The molecule has 1 unspecified atom stereocenters. The molecule has 1 saturated heterocycles. The van der Waals surface area contributed by atoms with Gasteiger partial charge in [-0.05, 0) is 38.2 Å². The van der Waals surface area contributed by atoms with Crippen molar-refractivity contribution in [2.45, 2.75) is 71.0 Å². The Morgan fingerprint density at radius 2 is 1.87 bits per heavy atom. The Bertz CT molecular complexity index is 782. The first kappa shape index (κ1) is 25.6. The molecule has 6 nitrogen and oxygen atoms in total. The van der Waals surface area contributed by atoms with Crippen molar-refractivity contribution in [1.29, 1.82) is 0 Å². The van der Waals surface area contributed by atoms with Crippen molar-refractivity contribution in [3.8, 4) is 0 Å². The topological polar surface area (TPSA) is 65.7 Å². The summed E-state index contributed by atoms with van der Waals surface area (Å²) >= 11 is 0. The predicted octanol–water partition coefficient (Wildman–Crippen LogP) is 5.09. The molecule has 7 heteroatoms. The third-order valence-corrected chi connectivity index (χ3v) is 6.33. The smallest absolute Gasteiger partial charge is 0.191 e. The highest BCUT2D eigenvalue weighted by Crippen LogP contribution is 2.24. The van der Waals surface area contributed by atoms with Gasteiger partial charge in [0.05, 0.1) is 12.2 Å². The summed E-state index contributed by atoms with van der Waals surface area (Å²) in [7, 11) is 1.82. The molecule has 1 aromatic heterocycles. The number of aliphatic imine (C=N–C) groups is 1. The number of nitrogens with one attached hydrogen (secondary N) is 2. The number of piperidine rings is 1. The van der Waals surface area contributed by atoms with Crippen LogP contribution in [-0.4, -0.2) is 42.2 Å². The second-order valence-electron chi connectivity index (χ2n) is 8.20. The quantitative estimate of drug-likeness (QED) is 0.278. The van der Waals surface area contributed by atoms with Crippen LogP contribution >= 0.6 is 24.0 Å². The van der Waals surface area contributed by atoms with E-state index in [2.05, 4.69) is 82.9 Å². The van der Waals surface area contributed by atoms with Gasteiger partial charge in [-0.15, -0.1) is 24.0 Å². The second kappa shape index (κ2) is 13.1. The van der Waals surface area contributed by atoms with Crippen molar-refractivity contribution in [3.05, 3.63) is 53.4 Å². The third-order valence-electron chi connectivity index (χ3n) is 6.33. The molecule has 2 N–H and O–H groups in total. The summed E-state index contributed by atoms with van der Waals surface area (Å²) in [4.78, 5) is 6.96. The van der Waals surface area contributed by atoms with Crippen LogP contribution < -0.4 is 10.6 Å². The van der Waals surface area contributed by atoms with E-state index in [1.807, 2.05) is 7.05 Å². The maximum absolute atomic E-state index is 5.51. The average Bonchev–Trinajstić information content (AvgIpc) is 3.26. The SMILES string of the molecule is CCC(CC)c1cc(CNC(=NC)NC2CCN(C(C)c3ccccc3)CC2)on1.I. The number of hydrogen-bond donors (Lipinski definition) is 2. The van der Waals surface area contributed by atoms with E-state index in [0.717, 1.165) is 56.2 Å². The number of halogens is 1. The van der Waals surface area contributed by atoms with Crippen LogP contribution in [0.5, 0.6) is 0 Å². The number of hydrogen-bond acceptors (Lipinski definition) is 4.